The number of carbonyl (C=O) groups is 1. The van der Waals surface area contributed by atoms with E-state index in [0.29, 0.717) is 18.7 Å². The summed E-state index contributed by atoms with van der Waals surface area (Å²) in [4.78, 5) is 12.4. The fourth-order valence-electron chi connectivity index (χ4n) is 3.37. The molecule has 1 N–H and O–H groups in total. The van der Waals surface area contributed by atoms with Gasteiger partial charge in [0.1, 0.15) is 0 Å². The SMILES string of the molecule is CC1(C)CC(NC(=O)c2cc(Cc3ccc4c(c3)OCO4)no2)CCO1. The Bertz CT molecular complexity index is 814. The first-order valence-electron chi connectivity index (χ1n) is 8.77. The second kappa shape index (κ2) is 6.64. The molecule has 3 heterocycles. The van der Waals surface area contributed by atoms with Gasteiger partial charge in [-0.3, -0.25) is 4.79 Å². The molecule has 1 atom stereocenters. The molecule has 1 saturated heterocycles. The number of aromatic nitrogens is 1. The molecule has 1 aromatic heterocycles. The van der Waals surface area contributed by atoms with E-state index in [-0.39, 0.29) is 30.1 Å². The van der Waals surface area contributed by atoms with Gasteiger partial charge in [-0.05, 0) is 44.4 Å². The van der Waals surface area contributed by atoms with Gasteiger partial charge < -0.3 is 24.1 Å². The highest BCUT2D eigenvalue weighted by Crippen LogP contribution is 2.33. The fourth-order valence-corrected chi connectivity index (χ4v) is 3.37. The number of ether oxygens (including phenoxy) is 3. The van der Waals surface area contributed by atoms with Crippen LogP contribution in [0, 0.1) is 0 Å². The van der Waals surface area contributed by atoms with E-state index in [9.17, 15) is 4.79 Å². The highest BCUT2D eigenvalue weighted by atomic mass is 16.7. The lowest BCUT2D eigenvalue weighted by molar-refractivity contribution is -0.0616. The number of nitrogens with one attached hydrogen (secondary N) is 1. The van der Waals surface area contributed by atoms with E-state index < -0.39 is 0 Å². The van der Waals surface area contributed by atoms with Crippen LogP contribution in [0.3, 0.4) is 0 Å². The van der Waals surface area contributed by atoms with Crippen molar-refractivity contribution in [3.63, 3.8) is 0 Å². The van der Waals surface area contributed by atoms with E-state index in [2.05, 4.69) is 10.5 Å². The van der Waals surface area contributed by atoms with Gasteiger partial charge in [0, 0.05) is 25.1 Å². The zero-order valence-electron chi connectivity index (χ0n) is 14.9. The molecule has 0 bridgehead atoms. The minimum Gasteiger partial charge on any atom is -0.454 e. The number of rotatable bonds is 4. The highest BCUT2D eigenvalue weighted by molar-refractivity contribution is 5.91. The fraction of sp³-hybridized carbons (Fsp3) is 0.474. The molecular weight excluding hydrogens is 336 g/mol. The smallest absolute Gasteiger partial charge is 0.290 e. The Morgan fingerprint density at radius 3 is 2.96 bits per heavy atom. The molecule has 4 rings (SSSR count). The summed E-state index contributed by atoms with van der Waals surface area (Å²) in [6.45, 7) is 4.95. The molecule has 1 fully saturated rings. The Balaban J connectivity index is 1.39. The summed E-state index contributed by atoms with van der Waals surface area (Å²) in [5.41, 5.74) is 1.49. The average molecular weight is 358 g/mol. The molecule has 2 aromatic rings. The van der Waals surface area contributed by atoms with E-state index in [0.717, 1.165) is 29.9 Å². The first-order valence-corrected chi connectivity index (χ1v) is 8.77. The molecule has 2 aliphatic heterocycles. The normalized spacial score (nSPS) is 20.8. The van der Waals surface area contributed by atoms with Gasteiger partial charge in [-0.1, -0.05) is 11.2 Å². The summed E-state index contributed by atoms with van der Waals surface area (Å²) in [7, 11) is 0. The van der Waals surface area contributed by atoms with Gasteiger partial charge in [-0.15, -0.1) is 0 Å². The molecule has 2 aliphatic rings. The Labute approximate surface area is 151 Å². The van der Waals surface area contributed by atoms with Crippen LogP contribution < -0.4 is 14.8 Å². The topological polar surface area (TPSA) is 82.8 Å². The maximum Gasteiger partial charge on any atom is 0.290 e. The zero-order valence-corrected chi connectivity index (χ0v) is 14.9. The maximum atomic E-state index is 12.4. The number of hydrogen-bond donors (Lipinski definition) is 1. The minimum atomic E-state index is -0.239. The predicted molar refractivity (Wildman–Crippen MR) is 92.4 cm³/mol. The summed E-state index contributed by atoms with van der Waals surface area (Å²) in [6, 6.07) is 7.50. The summed E-state index contributed by atoms with van der Waals surface area (Å²) < 4.78 is 21.6. The third-order valence-electron chi connectivity index (χ3n) is 4.64. The number of carbonyl (C=O) groups excluding carboxylic acids is 1. The zero-order chi connectivity index (χ0) is 18.1. The Kier molecular flexibility index (Phi) is 4.32. The van der Waals surface area contributed by atoms with Gasteiger partial charge in [0.2, 0.25) is 12.6 Å². The monoisotopic (exact) mass is 358 g/mol. The van der Waals surface area contributed by atoms with E-state index in [1.807, 2.05) is 32.0 Å². The van der Waals surface area contributed by atoms with Crippen LogP contribution in [0.5, 0.6) is 11.5 Å². The van der Waals surface area contributed by atoms with Crippen molar-refractivity contribution < 1.29 is 23.5 Å². The first-order chi connectivity index (χ1) is 12.5. The van der Waals surface area contributed by atoms with Crippen molar-refractivity contribution in [2.24, 2.45) is 0 Å². The maximum absolute atomic E-state index is 12.4. The van der Waals surface area contributed by atoms with Gasteiger partial charge in [0.05, 0.1) is 11.3 Å². The van der Waals surface area contributed by atoms with Crippen molar-refractivity contribution in [2.45, 2.75) is 44.8 Å². The molecule has 0 aliphatic carbocycles. The van der Waals surface area contributed by atoms with Crippen molar-refractivity contribution in [3.05, 3.63) is 41.3 Å². The lowest BCUT2D eigenvalue weighted by Gasteiger charge is -2.35. The van der Waals surface area contributed by atoms with Gasteiger partial charge in [-0.2, -0.15) is 0 Å². The second-order valence-electron chi connectivity index (χ2n) is 7.32. The minimum absolute atomic E-state index is 0.0775. The van der Waals surface area contributed by atoms with Crippen LogP contribution in [-0.4, -0.2) is 36.1 Å². The quantitative estimate of drug-likeness (QED) is 0.905. The highest BCUT2D eigenvalue weighted by Gasteiger charge is 2.30. The molecule has 0 radical (unpaired) electrons. The standard InChI is InChI=1S/C19H22N2O5/c1-19(2)10-13(5-6-25-19)20-18(22)17-9-14(21-26-17)7-12-3-4-15-16(8-12)24-11-23-15/h3-4,8-9,13H,5-7,10-11H2,1-2H3,(H,20,22). The van der Waals surface area contributed by atoms with Crippen molar-refractivity contribution in [3.8, 4) is 11.5 Å². The molecule has 0 spiro atoms. The van der Waals surface area contributed by atoms with Crippen LogP contribution in [0.1, 0.15) is 48.5 Å². The molecule has 1 amide bonds. The molecule has 7 heteroatoms. The third-order valence-corrected chi connectivity index (χ3v) is 4.64. The molecular formula is C19H22N2O5. The lowest BCUT2D eigenvalue weighted by Crippen LogP contribution is -2.45. The third kappa shape index (κ3) is 3.67. The van der Waals surface area contributed by atoms with E-state index in [4.69, 9.17) is 18.7 Å². The van der Waals surface area contributed by atoms with Gasteiger partial charge in [-0.25, -0.2) is 0 Å². The molecule has 0 saturated carbocycles. The Morgan fingerprint density at radius 2 is 2.12 bits per heavy atom. The average Bonchev–Trinajstić information content (AvgIpc) is 3.22. The Morgan fingerprint density at radius 1 is 1.27 bits per heavy atom. The molecule has 7 nitrogen and oxygen atoms in total. The van der Waals surface area contributed by atoms with Crippen LogP contribution in [-0.2, 0) is 11.2 Å². The van der Waals surface area contributed by atoms with Crippen molar-refractivity contribution >= 4 is 5.91 Å². The van der Waals surface area contributed by atoms with Crippen LogP contribution in [0.15, 0.2) is 28.8 Å². The molecule has 26 heavy (non-hydrogen) atoms. The number of amides is 1. The summed E-state index contributed by atoms with van der Waals surface area (Å²) in [5.74, 6) is 1.46. The van der Waals surface area contributed by atoms with E-state index in [1.165, 1.54) is 0 Å². The van der Waals surface area contributed by atoms with Crippen LogP contribution in [0.4, 0.5) is 0 Å². The van der Waals surface area contributed by atoms with E-state index >= 15 is 0 Å². The van der Waals surface area contributed by atoms with Gasteiger partial charge in [0.25, 0.3) is 5.91 Å². The first kappa shape index (κ1) is 16.9. The number of nitrogens with zero attached hydrogens (tertiary/aromatic N) is 1. The predicted octanol–water partition coefficient (Wildman–Crippen LogP) is 2.68. The second-order valence-corrected chi connectivity index (χ2v) is 7.32. The lowest BCUT2D eigenvalue weighted by atomic mass is 9.94. The van der Waals surface area contributed by atoms with Crippen LogP contribution in [0.2, 0.25) is 0 Å². The van der Waals surface area contributed by atoms with E-state index in [1.54, 1.807) is 6.07 Å². The van der Waals surface area contributed by atoms with Crippen LogP contribution in [0.25, 0.3) is 0 Å². The van der Waals surface area contributed by atoms with Crippen molar-refractivity contribution in [1.82, 2.24) is 10.5 Å². The number of benzene rings is 1. The van der Waals surface area contributed by atoms with Crippen molar-refractivity contribution in [1.29, 1.82) is 0 Å². The summed E-state index contributed by atoms with van der Waals surface area (Å²) >= 11 is 0. The molecule has 138 valence electrons. The van der Waals surface area contributed by atoms with Gasteiger partial charge in [0.15, 0.2) is 11.5 Å². The number of fused-ring (bicyclic) bond motifs is 1. The van der Waals surface area contributed by atoms with Crippen LogP contribution >= 0.6 is 0 Å². The summed E-state index contributed by atoms with van der Waals surface area (Å²) in [6.07, 6.45) is 2.13. The number of hydrogen-bond acceptors (Lipinski definition) is 6. The van der Waals surface area contributed by atoms with Crippen molar-refractivity contribution in [2.75, 3.05) is 13.4 Å². The summed E-state index contributed by atoms with van der Waals surface area (Å²) in [5, 5.41) is 7.03. The molecule has 1 unspecified atom stereocenters. The largest absolute Gasteiger partial charge is 0.454 e. The van der Waals surface area contributed by atoms with Gasteiger partial charge >= 0.3 is 0 Å². The Hall–Kier alpha value is -2.54. The molecule has 1 aromatic carbocycles.